The summed E-state index contributed by atoms with van der Waals surface area (Å²) in [6.45, 7) is 1.53. The number of piperidine rings is 1. The number of carbonyl (C=O) groups is 2. The highest BCUT2D eigenvalue weighted by Gasteiger charge is 2.24. The number of rotatable bonds is 2. The van der Waals surface area contributed by atoms with E-state index in [0.29, 0.717) is 26.1 Å². The SMILES string of the molecule is O=C1NC(=S)S/C1=C\c1cc2cncc(C(=O)N3CCCCC3)c2o1. The van der Waals surface area contributed by atoms with Crippen LogP contribution in [0.15, 0.2) is 27.8 Å². The molecule has 4 heterocycles. The maximum atomic E-state index is 12.8. The van der Waals surface area contributed by atoms with Crippen molar-refractivity contribution in [3.8, 4) is 0 Å². The molecule has 25 heavy (non-hydrogen) atoms. The molecule has 0 spiro atoms. The number of nitrogens with zero attached hydrogens (tertiary/aromatic N) is 2. The average Bonchev–Trinajstić information content (AvgIpc) is 3.17. The van der Waals surface area contributed by atoms with Gasteiger partial charge in [-0.25, -0.2) is 0 Å². The molecule has 4 rings (SSSR count). The van der Waals surface area contributed by atoms with E-state index in [1.807, 2.05) is 4.90 Å². The maximum Gasteiger partial charge on any atom is 0.263 e. The summed E-state index contributed by atoms with van der Waals surface area (Å²) in [4.78, 5) is 31.1. The maximum absolute atomic E-state index is 12.8. The monoisotopic (exact) mass is 373 g/mol. The zero-order valence-electron chi connectivity index (χ0n) is 13.3. The van der Waals surface area contributed by atoms with E-state index in [4.69, 9.17) is 16.6 Å². The second-order valence-corrected chi connectivity index (χ2v) is 7.68. The molecule has 0 aliphatic carbocycles. The van der Waals surface area contributed by atoms with Gasteiger partial charge in [0, 0.05) is 36.9 Å². The highest BCUT2D eigenvalue weighted by molar-refractivity contribution is 8.26. The van der Waals surface area contributed by atoms with Crippen molar-refractivity contribution in [3.63, 3.8) is 0 Å². The first-order valence-electron chi connectivity index (χ1n) is 8.03. The number of thioether (sulfide) groups is 1. The smallest absolute Gasteiger partial charge is 0.263 e. The van der Waals surface area contributed by atoms with E-state index in [1.165, 1.54) is 11.8 Å². The molecule has 2 saturated heterocycles. The number of aromatic nitrogens is 1. The molecule has 0 aromatic carbocycles. The first-order chi connectivity index (χ1) is 12.1. The lowest BCUT2D eigenvalue weighted by Crippen LogP contribution is -2.35. The van der Waals surface area contributed by atoms with Gasteiger partial charge < -0.3 is 14.6 Å². The van der Waals surface area contributed by atoms with Crippen LogP contribution in [0, 0.1) is 0 Å². The Morgan fingerprint density at radius 1 is 1.32 bits per heavy atom. The Morgan fingerprint density at radius 2 is 2.12 bits per heavy atom. The summed E-state index contributed by atoms with van der Waals surface area (Å²) < 4.78 is 6.28. The predicted octanol–water partition coefficient (Wildman–Crippen LogP) is 2.94. The van der Waals surface area contributed by atoms with Crippen molar-refractivity contribution in [3.05, 3.63) is 34.7 Å². The second-order valence-electron chi connectivity index (χ2n) is 5.96. The van der Waals surface area contributed by atoms with Crippen LogP contribution in [0.1, 0.15) is 35.4 Å². The van der Waals surface area contributed by atoms with Crippen LogP contribution in [0.3, 0.4) is 0 Å². The van der Waals surface area contributed by atoms with Gasteiger partial charge in [-0.15, -0.1) is 0 Å². The van der Waals surface area contributed by atoms with Gasteiger partial charge in [-0.3, -0.25) is 14.6 Å². The van der Waals surface area contributed by atoms with Crippen molar-refractivity contribution in [2.24, 2.45) is 0 Å². The molecule has 0 saturated carbocycles. The van der Waals surface area contributed by atoms with Gasteiger partial charge >= 0.3 is 0 Å². The number of hydrogen-bond donors (Lipinski definition) is 1. The largest absolute Gasteiger partial charge is 0.456 e. The van der Waals surface area contributed by atoms with E-state index in [-0.39, 0.29) is 11.8 Å². The van der Waals surface area contributed by atoms with Crippen molar-refractivity contribution in [1.29, 1.82) is 0 Å². The lowest BCUT2D eigenvalue weighted by molar-refractivity contribution is -0.115. The Bertz CT molecular complexity index is 913. The average molecular weight is 373 g/mol. The Hall–Kier alpha value is -2.19. The number of furan rings is 1. The molecular weight excluding hydrogens is 358 g/mol. The number of pyridine rings is 1. The number of likely N-dealkylation sites (tertiary alicyclic amines) is 1. The van der Waals surface area contributed by atoms with Crippen LogP contribution in [0.2, 0.25) is 0 Å². The Balaban J connectivity index is 1.69. The van der Waals surface area contributed by atoms with Gasteiger partial charge in [-0.05, 0) is 25.3 Å². The third-order valence-electron chi connectivity index (χ3n) is 4.23. The fourth-order valence-corrected chi connectivity index (χ4v) is 4.05. The van der Waals surface area contributed by atoms with E-state index in [2.05, 4.69) is 10.3 Å². The molecule has 2 fully saturated rings. The number of thiocarbonyl (C=S) groups is 1. The molecule has 0 unspecified atom stereocenters. The molecule has 1 N–H and O–H groups in total. The van der Waals surface area contributed by atoms with Gasteiger partial charge in [-0.2, -0.15) is 0 Å². The zero-order chi connectivity index (χ0) is 17.4. The van der Waals surface area contributed by atoms with E-state index < -0.39 is 0 Å². The van der Waals surface area contributed by atoms with Gasteiger partial charge in [0.05, 0.1) is 4.91 Å². The molecule has 2 amide bonds. The molecule has 2 aromatic heterocycles. The van der Waals surface area contributed by atoms with Crippen molar-refractivity contribution < 1.29 is 14.0 Å². The molecule has 8 heteroatoms. The molecular formula is C17H15N3O3S2. The fraction of sp³-hybridized carbons (Fsp3) is 0.294. The molecule has 0 bridgehead atoms. The molecule has 2 aromatic rings. The second kappa shape index (κ2) is 6.61. The van der Waals surface area contributed by atoms with Crippen molar-refractivity contribution >= 4 is 57.2 Å². The highest BCUT2D eigenvalue weighted by atomic mass is 32.2. The number of amides is 2. The quantitative estimate of drug-likeness (QED) is 0.644. The Labute approximate surface area is 153 Å². The minimum Gasteiger partial charge on any atom is -0.456 e. The normalized spacial score (nSPS) is 19.7. The first kappa shape index (κ1) is 16.3. The van der Waals surface area contributed by atoms with Gasteiger partial charge in [0.25, 0.3) is 11.8 Å². The van der Waals surface area contributed by atoms with Crippen LogP contribution < -0.4 is 5.32 Å². The van der Waals surface area contributed by atoms with Crippen LogP contribution in [0.5, 0.6) is 0 Å². The number of carbonyl (C=O) groups excluding carboxylic acids is 2. The minimum atomic E-state index is -0.238. The van der Waals surface area contributed by atoms with Crippen molar-refractivity contribution in [1.82, 2.24) is 15.2 Å². The number of hydrogen-bond acceptors (Lipinski definition) is 6. The standard InChI is InChI=1S/C17H15N3O3S2/c21-15-13(25-17(24)19-15)7-11-6-10-8-18-9-12(14(10)23-11)16(22)20-4-2-1-3-5-20/h6-9H,1-5H2,(H,19,21,24)/b13-7-. The summed E-state index contributed by atoms with van der Waals surface area (Å²) in [5.41, 5.74) is 0.964. The lowest BCUT2D eigenvalue weighted by Gasteiger charge is -2.26. The van der Waals surface area contributed by atoms with Crippen LogP contribution in [-0.2, 0) is 4.79 Å². The summed E-state index contributed by atoms with van der Waals surface area (Å²) in [5.74, 6) is 0.205. The van der Waals surface area contributed by atoms with Crippen molar-refractivity contribution in [2.75, 3.05) is 13.1 Å². The highest BCUT2D eigenvalue weighted by Crippen LogP contribution is 2.29. The van der Waals surface area contributed by atoms with Gasteiger partial charge in [0.1, 0.15) is 15.6 Å². The molecule has 0 atom stereocenters. The third-order valence-corrected chi connectivity index (χ3v) is 5.39. The Morgan fingerprint density at radius 3 is 2.84 bits per heavy atom. The van der Waals surface area contributed by atoms with E-state index in [9.17, 15) is 9.59 Å². The Kier molecular flexibility index (Phi) is 4.30. The molecule has 0 radical (unpaired) electrons. The number of fused-ring (bicyclic) bond motifs is 1. The summed E-state index contributed by atoms with van der Waals surface area (Å²) in [7, 11) is 0. The summed E-state index contributed by atoms with van der Waals surface area (Å²) in [5, 5.41) is 3.30. The van der Waals surface area contributed by atoms with E-state index >= 15 is 0 Å². The van der Waals surface area contributed by atoms with E-state index in [1.54, 1.807) is 24.5 Å². The third kappa shape index (κ3) is 3.19. The van der Waals surface area contributed by atoms with Crippen molar-refractivity contribution in [2.45, 2.75) is 19.3 Å². The lowest BCUT2D eigenvalue weighted by atomic mass is 10.1. The topological polar surface area (TPSA) is 75.4 Å². The fourth-order valence-electron chi connectivity index (χ4n) is 3.02. The molecule has 2 aliphatic rings. The predicted molar refractivity (Wildman–Crippen MR) is 100 cm³/mol. The zero-order valence-corrected chi connectivity index (χ0v) is 14.9. The summed E-state index contributed by atoms with van der Waals surface area (Å²) in [6.07, 6.45) is 8.04. The van der Waals surface area contributed by atoms with E-state index in [0.717, 1.165) is 37.7 Å². The van der Waals surface area contributed by atoms with Crippen LogP contribution in [-0.4, -0.2) is 39.1 Å². The van der Waals surface area contributed by atoms with Gasteiger partial charge in [0.15, 0.2) is 5.58 Å². The minimum absolute atomic E-state index is 0.0551. The first-order valence-corrected chi connectivity index (χ1v) is 9.26. The molecule has 2 aliphatic heterocycles. The van der Waals surface area contributed by atoms with Crippen LogP contribution in [0.4, 0.5) is 0 Å². The van der Waals surface area contributed by atoms with Crippen LogP contribution in [0.25, 0.3) is 17.0 Å². The van der Waals surface area contributed by atoms with Gasteiger partial charge in [-0.1, -0.05) is 24.0 Å². The number of nitrogens with one attached hydrogen (secondary N) is 1. The summed E-state index contributed by atoms with van der Waals surface area (Å²) >= 11 is 6.17. The van der Waals surface area contributed by atoms with Gasteiger partial charge in [0.2, 0.25) is 0 Å². The summed E-state index contributed by atoms with van der Waals surface area (Å²) in [6, 6.07) is 1.78. The van der Waals surface area contributed by atoms with Crippen LogP contribution >= 0.6 is 24.0 Å². The molecule has 128 valence electrons. The molecule has 6 nitrogen and oxygen atoms in total.